The highest BCUT2D eigenvalue weighted by molar-refractivity contribution is 5.93. The van der Waals surface area contributed by atoms with Gasteiger partial charge in [-0.2, -0.15) is 0 Å². The predicted octanol–water partition coefficient (Wildman–Crippen LogP) is 3.26. The first-order valence-electron chi connectivity index (χ1n) is 7.22. The van der Waals surface area contributed by atoms with E-state index in [1.807, 2.05) is 0 Å². The SMILES string of the molecule is CCCCCCNc1nc2c(cc1C(=O)O)CCC2. The molecule has 2 N–H and O–H groups in total. The summed E-state index contributed by atoms with van der Waals surface area (Å²) in [6.45, 7) is 2.98. The molecule has 1 aromatic heterocycles. The standard InChI is InChI=1S/C15H22N2O2/c1-2-3-4-5-9-16-14-12(15(18)19)10-11-7-6-8-13(11)17-14/h10H,2-9H2,1H3,(H,16,17)(H,18,19). The first-order chi connectivity index (χ1) is 9.22. The number of carboxylic acid groups (broad SMARTS) is 1. The zero-order valence-electron chi connectivity index (χ0n) is 11.5. The molecule has 1 heterocycles. The van der Waals surface area contributed by atoms with Crippen molar-refractivity contribution in [2.24, 2.45) is 0 Å². The molecule has 1 aliphatic carbocycles. The number of carbonyl (C=O) groups is 1. The average molecular weight is 262 g/mol. The summed E-state index contributed by atoms with van der Waals surface area (Å²) in [7, 11) is 0. The lowest BCUT2D eigenvalue weighted by molar-refractivity contribution is 0.0697. The van der Waals surface area contributed by atoms with Gasteiger partial charge in [0.05, 0.1) is 0 Å². The minimum atomic E-state index is -0.891. The molecule has 0 unspecified atom stereocenters. The molecule has 19 heavy (non-hydrogen) atoms. The highest BCUT2D eigenvalue weighted by Crippen LogP contribution is 2.25. The van der Waals surface area contributed by atoms with Crippen molar-refractivity contribution in [3.63, 3.8) is 0 Å². The number of aromatic carboxylic acids is 1. The Morgan fingerprint density at radius 2 is 2.21 bits per heavy atom. The van der Waals surface area contributed by atoms with Gasteiger partial charge in [-0.15, -0.1) is 0 Å². The van der Waals surface area contributed by atoms with E-state index in [0.717, 1.165) is 43.5 Å². The van der Waals surface area contributed by atoms with E-state index in [1.165, 1.54) is 19.3 Å². The number of aryl methyl sites for hydroxylation is 2. The van der Waals surface area contributed by atoms with Crippen LogP contribution in [0, 0.1) is 0 Å². The monoisotopic (exact) mass is 262 g/mol. The van der Waals surface area contributed by atoms with Gasteiger partial charge in [-0.05, 0) is 37.3 Å². The van der Waals surface area contributed by atoms with Gasteiger partial charge < -0.3 is 10.4 Å². The maximum atomic E-state index is 11.3. The Bertz CT molecular complexity index is 458. The zero-order chi connectivity index (χ0) is 13.7. The van der Waals surface area contributed by atoms with E-state index in [0.29, 0.717) is 11.4 Å². The van der Waals surface area contributed by atoms with Gasteiger partial charge in [-0.3, -0.25) is 0 Å². The molecule has 0 radical (unpaired) electrons. The smallest absolute Gasteiger partial charge is 0.339 e. The number of fused-ring (bicyclic) bond motifs is 1. The van der Waals surface area contributed by atoms with Crippen LogP contribution in [0.2, 0.25) is 0 Å². The van der Waals surface area contributed by atoms with E-state index >= 15 is 0 Å². The second-order valence-corrected chi connectivity index (χ2v) is 5.14. The minimum absolute atomic E-state index is 0.316. The van der Waals surface area contributed by atoms with Crippen molar-refractivity contribution in [3.05, 3.63) is 22.9 Å². The maximum Gasteiger partial charge on any atom is 0.339 e. The topological polar surface area (TPSA) is 62.2 Å². The number of nitrogens with zero attached hydrogens (tertiary/aromatic N) is 1. The zero-order valence-corrected chi connectivity index (χ0v) is 11.5. The van der Waals surface area contributed by atoms with Crippen LogP contribution in [0.1, 0.15) is 60.6 Å². The molecule has 4 nitrogen and oxygen atoms in total. The Hall–Kier alpha value is -1.58. The molecule has 0 spiro atoms. The van der Waals surface area contributed by atoms with Crippen LogP contribution in [0.5, 0.6) is 0 Å². The van der Waals surface area contributed by atoms with E-state index in [-0.39, 0.29) is 0 Å². The summed E-state index contributed by atoms with van der Waals surface area (Å²) in [4.78, 5) is 15.8. The van der Waals surface area contributed by atoms with Crippen LogP contribution in [0.4, 0.5) is 5.82 Å². The van der Waals surface area contributed by atoms with Crippen LogP contribution in [-0.2, 0) is 12.8 Å². The number of hydrogen-bond donors (Lipinski definition) is 2. The first kappa shape index (κ1) is 13.8. The summed E-state index contributed by atoms with van der Waals surface area (Å²) >= 11 is 0. The van der Waals surface area contributed by atoms with Crippen molar-refractivity contribution in [1.29, 1.82) is 0 Å². The van der Waals surface area contributed by atoms with Gasteiger partial charge in [0.25, 0.3) is 0 Å². The fourth-order valence-electron chi connectivity index (χ4n) is 2.53. The first-order valence-corrected chi connectivity index (χ1v) is 7.22. The fourth-order valence-corrected chi connectivity index (χ4v) is 2.53. The van der Waals surface area contributed by atoms with Crippen molar-refractivity contribution in [2.75, 3.05) is 11.9 Å². The van der Waals surface area contributed by atoms with Crippen molar-refractivity contribution < 1.29 is 9.90 Å². The number of anilines is 1. The van der Waals surface area contributed by atoms with Gasteiger partial charge in [-0.1, -0.05) is 26.2 Å². The third kappa shape index (κ3) is 3.46. The number of carboxylic acids is 1. The second-order valence-electron chi connectivity index (χ2n) is 5.14. The van der Waals surface area contributed by atoms with Crippen LogP contribution in [0.15, 0.2) is 6.07 Å². The summed E-state index contributed by atoms with van der Waals surface area (Å²) in [5.74, 6) is -0.345. The van der Waals surface area contributed by atoms with Crippen LogP contribution in [0.3, 0.4) is 0 Å². The largest absolute Gasteiger partial charge is 0.478 e. The molecule has 0 aromatic carbocycles. The third-order valence-corrected chi connectivity index (χ3v) is 3.60. The van der Waals surface area contributed by atoms with Crippen LogP contribution in [-0.4, -0.2) is 22.6 Å². The second kappa shape index (κ2) is 6.55. The van der Waals surface area contributed by atoms with Crippen LogP contribution < -0.4 is 5.32 Å². The Kier molecular flexibility index (Phi) is 4.77. The molecule has 0 saturated heterocycles. The lowest BCUT2D eigenvalue weighted by Crippen LogP contribution is -2.11. The van der Waals surface area contributed by atoms with Gasteiger partial charge in [0.2, 0.25) is 0 Å². The lowest BCUT2D eigenvalue weighted by Gasteiger charge is -2.11. The summed E-state index contributed by atoms with van der Waals surface area (Å²) in [5.41, 5.74) is 2.49. The van der Waals surface area contributed by atoms with Gasteiger partial charge >= 0.3 is 5.97 Å². The fraction of sp³-hybridized carbons (Fsp3) is 0.600. The van der Waals surface area contributed by atoms with Crippen molar-refractivity contribution in [2.45, 2.75) is 51.9 Å². The molecule has 0 aliphatic heterocycles. The molecule has 0 amide bonds. The highest BCUT2D eigenvalue weighted by atomic mass is 16.4. The van der Waals surface area contributed by atoms with Crippen molar-refractivity contribution >= 4 is 11.8 Å². The molecular weight excluding hydrogens is 240 g/mol. The van der Waals surface area contributed by atoms with E-state index < -0.39 is 5.97 Å². The van der Waals surface area contributed by atoms with E-state index in [1.54, 1.807) is 6.07 Å². The molecule has 1 aliphatic rings. The third-order valence-electron chi connectivity index (χ3n) is 3.60. The number of aromatic nitrogens is 1. The maximum absolute atomic E-state index is 11.3. The molecule has 0 atom stereocenters. The molecule has 0 bridgehead atoms. The molecule has 0 fully saturated rings. The van der Waals surface area contributed by atoms with E-state index in [4.69, 9.17) is 0 Å². The lowest BCUT2D eigenvalue weighted by atomic mass is 10.1. The molecule has 2 rings (SSSR count). The predicted molar refractivity (Wildman–Crippen MR) is 75.9 cm³/mol. The summed E-state index contributed by atoms with van der Waals surface area (Å²) in [6.07, 6.45) is 7.69. The van der Waals surface area contributed by atoms with Crippen molar-refractivity contribution in [1.82, 2.24) is 4.98 Å². The average Bonchev–Trinajstić information content (AvgIpc) is 2.84. The highest BCUT2D eigenvalue weighted by Gasteiger charge is 2.19. The number of unbranched alkanes of at least 4 members (excludes halogenated alkanes) is 3. The number of hydrogen-bond acceptors (Lipinski definition) is 3. The molecule has 0 saturated carbocycles. The minimum Gasteiger partial charge on any atom is -0.478 e. The van der Waals surface area contributed by atoms with Crippen LogP contribution in [0.25, 0.3) is 0 Å². The Balaban J connectivity index is 2.03. The Morgan fingerprint density at radius 1 is 1.37 bits per heavy atom. The summed E-state index contributed by atoms with van der Waals surface area (Å²) < 4.78 is 0. The van der Waals surface area contributed by atoms with E-state index in [9.17, 15) is 9.90 Å². The number of pyridine rings is 1. The van der Waals surface area contributed by atoms with Gasteiger partial charge in [0.1, 0.15) is 11.4 Å². The van der Waals surface area contributed by atoms with Gasteiger partial charge in [-0.25, -0.2) is 9.78 Å². The Labute approximate surface area is 114 Å². The Morgan fingerprint density at radius 3 is 2.95 bits per heavy atom. The van der Waals surface area contributed by atoms with E-state index in [2.05, 4.69) is 17.2 Å². The number of nitrogens with one attached hydrogen (secondary N) is 1. The molecule has 1 aromatic rings. The van der Waals surface area contributed by atoms with Crippen LogP contribution >= 0.6 is 0 Å². The quantitative estimate of drug-likeness (QED) is 0.740. The molecular formula is C15H22N2O2. The molecule has 4 heteroatoms. The summed E-state index contributed by atoms with van der Waals surface area (Å²) in [5, 5.41) is 12.4. The molecule has 104 valence electrons. The normalized spacial score (nSPS) is 13.3. The number of rotatable bonds is 7. The van der Waals surface area contributed by atoms with Crippen molar-refractivity contribution in [3.8, 4) is 0 Å². The van der Waals surface area contributed by atoms with Gasteiger partial charge in [0, 0.05) is 12.2 Å². The van der Waals surface area contributed by atoms with Gasteiger partial charge in [0.15, 0.2) is 0 Å². The summed E-state index contributed by atoms with van der Waals surface area (Å²) in [6, 6.07) is 1.80.